The first-order valence-corrected chi connectivity index (χ1v) is 15.1. The molecular formula is C28H35N4O6PS. The van der Waals surface area contributed by atoms with E-state index in [1.807, 2.05) is 24.3 Å². The number of hydrazine groups is 1. The Morgan fingerprint density at radius 2 is 1.32 bits per heavy atom. The van der Waals surface area contributed by atoms with Gasteiger partial charge in [-0.15, -0.1) is 5.20 Å². The zero-order valence-electron chi connectivity index (χ0n) is 23.6. The first-order valence-electron chi connectivity index (χ1n) is 12.5. The standard InChI is InChI=1S/C28H35N4O6PS/c1-27(2,3)19-8-13-22(14-9-19)37-39(40,38-23-15-10-20(11-16-23)28(4,5)6)31-30-26(33)29-24-17-12-21(32(34)35)18-25(24)36-7/h8-18H,1-7H3,(H,31,40)(H2,29,30,33). The number of hydrogen-bond acceptors (Lipinski definition) is 7. The number of benzene rings is 3. The molecule has 0 saturated carbocycles. The summed E-state index contributed by atoms with van der Waals surface area (Å²) >= 11 is 5.77. The molecule has 214 valence electrons. The molecular weight excluding hydrogens is 551 g/mol. The Morgan fingerprint density at radius 1 is 0.850 bits per heavy atom. The van der Waals surface area contributed by atoms with Crippen LogP contribution in [0.15, 0.2) is 66.7 Å². The maximum absolute atomic E-state index is 12.7. The number of nitro benzene ring substituents is 1. The van der Waals surface area contributed by atoms with E-state index >= 15 is 0 Å². The molecule has 12 heteroatoms. The van der Waals surface area contributed by atoms with E-state index in [1.54, 1.807) is 24.3 Å². The van der Waals surface area contributed by atoms with Gasteiger partial charge in [-0.1, -0.05) is 65.8 Å². The van der Waals surface area contributed by atoms with Crippen LogP contribution in [-0.2, 0) is 22.6 Å². The fraction of sp³-hybridized carbons (Fsp3) is 0.321. The third-order valence-corrected chi connectivity index (χ3v) is 7.85. The minimum absolute atomic E-state index is 0.0408. The normalized spacial score (nSPS) is 11.9. The number of rotatable bonds is 9. The lowest BCUT2D eigenvalue weighted by atomic mass is 9.87. The number of hydrogen-bond donors (Lipinski definition) is 3. The third-order valence-electron chi connectivity index (χ3n) is 5.84. The smallest absolute Gasteiger partial charge is 0.383 e. The molecule has 0 aliphatic heterocycles. The molecule has 0 fully saturated rings. The molecule has 0 bridgehead atoms. The lowest BCUT2D eigenvalue weighted by Crippen LogP contribution is -2.40. The van der Waals surface area contributed by atoms with Gasteiger partial charge in [-0.05, 0) is 52.3 Å². The van der Waals surface area contributed by atoms with Gasteiger partial charge < -0.3 is 19.1 Å². The van der Waals surface area contributed by atoms with Crippen LogP contribution >= 0.6 is 6.64 Å². The van der Waals surface area contributed by atoms with Gasteiger partial charge in [-0.3, -0.25) is 15.5 Å². The Morgan fingerprint density at radius 3 is 1.73 bits per heavy atom. The molecule has 0 unspecified atom stereocenters. The van der Waals surface area contributed by atoms with Gasteiger partial charge in [0, 0.05) is 17.9 Å². The zero-order chi connectivity index (χ0) is 29.7. The molecule has 3 rings (SSSR count). The third kappa shape index (κ3) is 8.42. The number of nitrogens with zero attached hydrogens (tertiary/aromatic N) is 1. The zero-order valence-corrected chi connectivity index (χ0v) is 25.3. The fourth-order valence-electron chi connectivity index (χ4n) is 3.54. The van der Waals surface area contributed by atoms with E-state index in [9.17, 15) is 14.9 Å². The van der Waals surface area contributed by atoms with Crippen LogP contribution in [0.1, 0.15) is 52.7 Å². The fourth-order valence-corrected chi connectivity index (χ4v) is 5.36. The maximum atomic E-state index is 12.7. The minimum Gasteiger partial charge on any atom is -0.494 e. The lowest BCUT2D eigenvalue weighted by molar-refractivity contribution is -0.384. The van der Waals surface area contributed by atoms with Crippen LogP contribution in [-0.4, -0.2) is 18.1 Å². The number of amides is 2. The number of carbonyl (C=O) groups is 1. The molecule has 0 aromatic heterocycles. The Kier molecular flexibility index (Phi) is 9.45. The van der Waals surface area contributed by atoms with Gasteiger partial charge in [0.15, 0.2) is 0 Å². The summed E-state index contributed by atoms with van der Waals surface area (Å²) in [7, 11) is 1.34. The molecule has 10 nitrogen and oxygen atoms in total. The number of carbonyl (C=O) groups excluding carboxylic acids is 1. The second kappa shape index (κ2) is 12.2. The molecule has 0 spiro atoms. The van der Waals surface area contributed by atoms with Gasteiger partial charge in [0.1, 0.15) is 17.2 Å². The van der Waals surface area contributed by atoms with Gasteiger partial charge >= 0.3 is 12.7 Å². The summed E-state index contributed by atoms with van der Waals surface area (Å²) in [6.45, 7) is 9.29. The Labute approximate surface area is 239 Å². The van der Waals surface area contributed by atoms with Crippen LogP contribution in [0.2, 0.25) is 0 Å². The first kappa shape index (κ1) is 30.9. The number of nitrogens with one attached hydrogen (secondary N) is 3. The highest BCUT2D eigenvalue weighted by molar-refractivity contribution is 8.09. The second-order valence-corrected chi connectivity index (χ2v) is 14.1. The van der Waals surface area contributed by atoms with Crippen LogP contribution in [0.25, 0.3) is 0 Å². The monoisotopic (exact) mass is 586 g/mol. The lowest BCUT2D eigenvalue weighted by Gasteiger charge is -2.26. The van der Waals surface area contributed by atoms with Crippen LogP contribution in [0, 0.1) is 10.1 Å². The maximum Gasteiger partial charge on any atom is 0.383 e. The van der Waals surface area contributed by atoms with E-state index in [1.165, 1.54) is 25.3 Å². The average Bonchev–Trinajstić information content (AvgIpc) is 2.87. The largest absolute Gasteiger partial charge is 0.494 e. The molecule has 0 atom stereocenters. The molecule has 0 radical (unpaired) electrons. The highest BCUT2D eigenvalue weighted by Gasteiger charge is 2.25. The summed E-state index contributed by atoms with van der Waals surface area (Å²) in [5, 5.41) is 16.4. The molecule has 0 aliphatic rings. The molecule has 2 amide bonds. The quantitative estimate of drug-likeness (QED) is 0.137. The topological polar surface area (TPSA) is 124 Å². The number of ether oxygens (including phenoxy) is 1. The van der Waals surface area contributed by atoms with E-state index in [4.69, 9.17) is 25.6 Å². The van der Waals surface area contributed by atoms with E-state index in [-0.39, 0.29) is 28.0 Å². The van der Waals surface area contributed by atoms with Crippen LogP contribution < -0.4 is 29.7 Å². The minimum atomic E-state index is -3.38. The average molecular weight is 587 g/mol. The van der Waals surface area contributed by atoms with Crippen molar-refractivity contribution in [3.8, 4) is 17.2 Å². The van der Waals surface area contributed by atoms with Crippen LogP contribution in [0.3, 0.4) is 0 Å². The summed E-state index contributed by atoms with van der Waals surface area (Å²) in [5.41, 5.74) is 4.68. The summed E-state index contributed by atoms with van der Waals surface area (Å²) in [6, 6.07) is 18.1. The second-order valence-electron chi connectivity index (χ2n) is 11.1. The van der Waals surface area contributed by atoms with Crippen molar-refractivity contribution in [2.45, 2.75) is 52.4 Å². The SMILES string of the molecule is COc1cc([N+](=O)[O-])ccc1NC(=O)NNP(=S)(Oc1ccc(C(C)(C)C)cc1)Oc1ccc(C(C)(C)C)cc1. The van der Waals surface area contributed by atoms with Crippen molar-refractivity contribution in [1.29, 1.82) is 0 Å². The highest BCUT2D eigenvalue weighted by atomic mass is 32.5. The first-order chi connectivity index (χ1) is 18.6. The highest BCUT2D eigenvalue weighted by Crippen LogP contribution is 2.45. The van der Waals surface area contributed by atoms with Crippen molar-refractivity contribution in [2.24, 2.45) is 0 Å². The number of nitro groups is 1. The predicted molar refractivity (Wildman–Crippen MR) is 161 cm³/mol. The molecule has 0 heterocycles. The Hall–Kier alpha value is -3.66. The van der Waals surface area contributed by atoms with E-state index in [2.05, 4.69) is 57.5 Å². The summed E-state index contributed by atoms with van der Waals surface area (Å²) in [5.74, 6) is 1.05. The molecule has 40 heavy (non-hydrogen) atoms. The number of urea groups is 1. The predicted octanol–water partition coefficient (Wildman–Crippen LogP) is 7.21. The van der Waals surface area contributed by atoms with E-state index < -0.39 is 17.6 Å². The molecule has 0 saturated heterocycles. The van der Waals surface area contributed by atoms with Gasteiger partial charge in [-0.2, -0.15) is 0 Å². The Bertz CT molecular complexity index is 1340. The van der Waals surface area contributed by atoms with Crippen molar-refractivity contribution < 1.29 is 23.5 Å². The summed E-state index contributed by atoms with van der Waals surface area (Å²) < 4.78 is 17.4. The van der Waals surface area contributed by atoms with Crippen molar-refractivity contribution in [3.63, 3.8) is 0 Å². The van der Waals surface area contributed by atoms with E-state index in [0.717, 1.165) is 11.1 Å². The summed E-state index contributed by atoms with van der Waals surface area (Å²) in [6.07, 6.45) is 0. The molecule has 3 aromatic carbocycles. The number of anilines is 1. The van der Waals surface area contributed by atoms with Gasteiger partial charge in [-0.25, -0.2) is 4.79 Å². The molecule has 0 aliphatic carbocycles. The van der Waals surface area contributed by atoms with Gasteiger partial charge in [0.25, 0.3) is 5.69 Å². The van der Waals surface area contributed by atoms with Crippen molar-refractivity contribution >= 4 is 35.9 Å². The van der Waals surface area contributed by atoms with E-state index in [0.29, 0.717) is 11.5 Å². The summed E-state index contributed by atoms with van der Waals surface area (Å²) in [4.78, 5) is 23.2. The van der Waals surface area contributed by atoms with Crippen LogP contribution in [0.4, 0.5) is 16.2 Å². The van der Waals surface area contributed by atoms with Crippen molar-refractivity contribution in [2.75, 3.05) is 12.4 Å². The van der Waals surface area contributed by atoms with Crippen molar-refractivity contribution in [3.05, 3.63) is 88.0 Å². The van der Waals surface area contributed by atoms with Crippen LogP contribution in [0.5, 0.6) is 17.2 Å². The van der Waals surface area contributed by atoms with Crippen molar-refractivity contribution in [1.82, 2.24) is 10.6 Å². The number of methoxy groups -OCH3 is 1. The van der Waals surface area contributed by atoms with Gasteiger partial charge in [0.2, 0.25) is 0 Å². The molecule has 3 N–H and O–H groups in total. The number of non-ortho nitro benzene ring substituents is 1. The molecule has 3 aromatic rings. The Balaban J connectivity index is 1.81. The van der Waals surface area contributed by atoms with Gasteiger partial charge in [0.05, 0.1) is 23.8 Å².